The molecule has 138 valence electrons. The highest BCUT2D eigenvalue weighted by Gasteiger charge is 2.17. The van der Waals surface area contributed by atoms with Gasteiger partial charge < -0.3 is 5.32 Å². The van der Waals surface area contributed by atoms with Gasteiger partial charge in [-0.05, 0) is 64.5 Å². The summed E-state index contributed by atoms with van der Waals surface area (Å²) in [4.78, 5) is 16.1. The molecule has 0 saturated carbocycles. The molecule has 1 aromatic heterocycles. The zero-order valence-corrected chi connectivity index (χ0v) is 16.3. The summed E-state index contributed by atoms with van der Waals surface area (Å²) in [6.45, 7) is 0. The third-order valence-electron chi connectivity index (χ3n) is 3.43. The van der Waals surface area contributed by atoms with Crippen molar-refractivity contribution in [3.05, 3.63) is 77.4 Å². The molecule has 3 N–H and O–H groups in total. The molecule has 0 unspecified atom stereocenters. The summed E-state index contributed by atoms with van der Waals surface area (Å²) in [5.74, 6) is 0.424. The van der Waals surface area contributed by atoms with Gasteiger partial charge in [0.15, 0.2) is 0 Å². The maximum Gasteiger partial charge on any atom is 0.324 e. The standard InChI is InChI=1S/C18H15BrN4O3S/c19-15-5-1-2-6-16(15)27(25,26)23-14-10-8-13(9-11-14)21-18(24)22-17-7-3-4-12-20-17/h1-12,23H,(H2,20,21,22,24). The molecule has 3 rings (SSSR count). The molecular formula is C18H15BrN4O3S. The zero-order valence-electron chi connectivity index (χ0n) is 13.9. The summed E-state index contributed by atoms with van der Waals surface area (Å²) in [5.41, 5.74) is 0.883. The molecule has 0 radical (unpaired) electrons. The number of hydrogen-bond donors (Lipinski definition) is 3. The van der Waals surface area contributed by atoms with E-state index >= 15 is 0 Å². The van der Waals surface area contributed by atoms with Gasteiger partial charge in [-0.2, -0.15) is 0 Å². The maximum absolute atomic E-state index is 12.5. The second-order valence-electron chi connectivity index (χ2n) is 5.41. The Labute approximate surface area is 165 Å². The SMILES string of the molecule is O=C(Nc1ccc(NS(=O)(=O)c2ccccc2Br)cc1)Nc1ccccn1. The van der Waals surface area contributed by atoms with Crippen molar-refractivity contribution < 1.29 is 13.2 Å². The van der Waals surface area contributed by atoms with Crippen LogP contribution in [0.15, 0.2) is 82.3 Å². The van der Waals surface area contributed by atoms with E-state index < -0.39 is 16.1 Å². The zero-order chi connectivity index (χ0) is 19.3. The molecule has 1 heterocycles. The van der Waals surface area contributed by atoms with Crippen molar-refractivity contribution in [2.75, 3.05) is 15.4 Å². The summed E-state index contributed by atoms with van der Waals surface area (Å²) in [5, 5.41) is 5.24. The topological polar surface area (TPSA) is 100 Å². The van der Waals surface area contributed by atoms with Crippen molar-refractivity contribution >= 4 is 49.2 Å². The minimum absolute atomic E-state index is 0.141. The first-order valence-electron chi connectivity index (χ1n) is 7.80. The quantitative estimate of drug-likeness (QED) is 0.543. The third-order valence-corrected chi connectivity index (χ3v) is 5.82. The number of carbonyl (C=O) groups excluding carboxylic acids is 1. The second-order valence-corrected chi connectivity index (χ2v) is 7.91. The smallest absolute Gasteiger partial charge is 0.308 e. The molecule has 2 amide bonds. The molecule has 0 aliphatic carbocycles. The van der Waals surface area contributed by atoms with E-state index in [0.717, 1.165) is 0 Å². The average molecular weight is 447 g/mol. The van der Waals surface area contributed by atoms with Crippen LogP contribution in [0.5, 0.6) is 0 Å². The van der Waals surface area contributed by atoms with E-state index in [0.29, 0.717) is 21.7 Å². The van der Waals surface area contributed by atoms with E-state index in [1.165, 1.54) is 6.07 Å². The van der Waals surface area contributed by atoms with Gasteiger partial charge in [0.2, 0.25) is 0 Å². The first kappa shape index (κ1) is 18.9. The number of nitrogens with zero attached hydrogens (tertiary/aromatic N) is 1. The molecule has 9 heteroatoms. The molecule has 0 saturated heterocycles. The van der Waals surface area contributed by atoms with Gasteiger partial charge in [-0.1, -0.05) is 18.2 Å². The number of sulfonamides is 1. The van der Waals surface area contributed by atoms with Crippen molar-refractivity contribution in [3.8, 4) is 0 Å². The minimum atomic E-state index is -3.73. The van der Waals surface area contributed by atoms with E-state index in [-0.39, 0.29) is 4.90 Å². The Morgan fingerprint density at radius 2 is 1.52 bits per heavy atom. The number of halogens is 1. The fourth-order valence-corrected chi connectivity index (χ4v) is 4.27. The highest BCUT2D eigenvalue weighted by atomic mass is 79.9. The van der Waals surface area contributed by atoms with Crippen LogP contribution < -0.4 is 15.4 Å². The maximum atomic E-state index is 12.5. The predicted molar refractivity (Wildman–Crippen MR) is 108 cm³/mol. The minimum Gasteiger partial charge on any atom is -0.308 e. The number of pyridine rings is 1. The lowest BCUT2D eigenvalue weighted by atomic mass is 10.3. The van der Waals surface area contributed by atoms with Gasteiger partial charge in [-0.3, -0.25) is 10.0 Å². The average Bonchev–Trinajstić information content (AvgIpc) is 2.64. The Bertz CT molecular complexity index is 1040. The summed E-state index contributed by atoms with van der Waals surface area (Å²) < 4.78 is 27.9. The van der Waals surface area contributed by atoms with Gasteiger partial charge in [0.05, 0.1) is 0 Å². The molecule has 27 heavy (non-hydrogen) atoms. The molecule has 0 fully saturated rings. The van der Waals surface area contributed by atoms with E-state index in [2.05, 4.69) is 36.3 Å². The number of amides is 2. The number of rotatable bonds is 5. The van der Waals surface area contributed by atoms with E-state index in [1.807, 2.05) is 0 Å². The monoisotopic (exact) mass is 446 g/mol. The van der Waals surface area contributed by atoms with Crippen LogP contribution in [-0.4, -0.2) is 19.4 Å². The van der Waals surface area contributed by atoms with Gasteiger partial charge in [0, 0.05) is 22.0 Å². The largest absolute Gasteiger partial charge is 0.324 e. The van der Waals surface area contributed by atoms with Crippen LogP contribution in [0.1, 0.15) is 0 Å². The number of hydrogen-bond acceptors (Lipinski definition) is 4. The molecule has 7 nitrogen and oxygen atoms in total. The number of carbonyl (C=O) groups is 1. The van der Waals surface area contributed by atoms with Gasteiger partial charge in [-0.25, -0.2) is 18.2 Å². The van der Waals surface area contributed by atoms with Gasteiger partial charge in [0.25, 0.3) is 10.0 Å². The number of aromatic nitrogens is 1. The van der Waals surface area contributed by atoms with Crippen LogP contribution in [0, 0.1) is 0 Å². The molecule has 0 spiro atoms. The number of nitrogens with one attached hydrogen (secondary N) is 3. The van der Waals surface area contributed by atoms with Crippen molar-refractivity contribution in [1.82, 2.24) is 4.98 Å². The molecule has 3 aromatic rings. The molecule has 0 aliphatic rings. The van der Waals surface area contributed by atoms with Crippen molar-refractivity contribution in [2.45, 2.75) is 4.90 Å². The van der Waals surface area contributed by atoms with Crippen molar-refractivity contribution in [3.63, 3.8) is 0 Å². The summed E-state index contributed by atoms with van der Waals surface area (Å²) in [6.07, 6.45) is 1.57. The Morgan fingerprint density at radius 1 is 0.852 bits per heavy atom. The van der Waals surface area contributed by atoms with Gasteiger partial charge in [-0.15, -0.1) is 0 Å². The lowest BCUT2D eigenvalue weighted by Crippen LogP contribution is -2.20. The third kappa shape index (κ3) is 5.05. The van der Waals surface area contributed by atoms with E-state index in [1.54, 1.807) is 66.9 Å². The fourth-order valence-electron chi connectivity index (χ4n) is 2.21. The van der Waals surface area contributed by atoms with Crippen LogP contribution >= 0.6 is 15.9 Å². The Balaban J connectivity index is 1.65. The van der Waals surface area contributed by atoms with Crippen LogP contribution in [0.4, 0.5) is 22.0 Å². The normalized spacial score (nSPS) is 10.9. The Kier molecular flexibility index (Phi) is 5.72. The first-order chi connectivity index (χ1) is 12.9. The molecular weight excluding hydrogens is 432 g/mol. The number of anilines is 3. The molecule has 0 aliphatic heterocycles. The first-order valence-corrected chi connectivity index (χ1v) is 10.1. The summed E-state index contributed by atoms with van der Waals surface area (Å²) >= 11 is 3.23. The van der Waals surface area contributed by atoms with Crippen LogP contribution in [0.3, 0.4) is 0 Å². The number of urea groups is 1. The van der Waals surface area contributed by atoms with Gasteiger partial charge >= 0.3 is 6.03 Å². The highest BCUT2D eigenvalue weighted by molar-refractivity contribution is 9.10. The summed E-state index contributed by atoms with van der Waals surface area (Å²) in [6, 6.07) is 17.6. The fraction of sp³-hybridized carbons (Fsp3) is 0. The lowest BCUT2D eigenvalue weighted by molar-refractivity contribution is 0.262. The van der Waals surface area contributed by atoms with E-state index in [4.69, 9.17) is 0 Å². The molecule has 0 atom stereocenters. The van der Waals surface area contributed by atoms with Gasteiger partial charge in [0.1, 0.15) is 10.7 Å². The van der Waals surface area contributed by atoms with Crippen molar-refractivity contribution in [1.29, 1.82) is 0 Å². The Morgan fingerprint density at radius 3 is 2.19 bits per heavy atom. The Hall–Kier alpha value is -2.91. The van der Waals surface area contributed by atoms with Crippen LogP contribution in [0.25, 0.3) is 0 Å². The van der Waals surface area contributed by atoms with E-state index in [9.17, 15) is 13.2 Å². The highest BCUT2D eigenvalue weighted by Crippen LogP contribution is 2.24. The van der Waals surface area contributed by atoms with Crippen molar-refractivity contribution in [2.24, 2.45) is 0 Å². The number of benzene rings is 2. The van der Waals surface area contributed by atoms with Crippen LogP contribution in [0.2, 0.25) is 0 Å². The van der Waals surface area contributed by atoms with Crippen LogP contribution in [-0.2, 0) is 10.0 Å². The molecule has 0 bridgehead atoms. The lowest BCUT2D eigenvalue weighted by Gasteiger charge is -2.11. The predicted octanol–water partition coefficient (Wildman–Crippen LogP) is 4.29. The summed E-state index contributed by atoms with van der Waals surface area (Å²) in [7, 11) is -3.73. The second kappa shape index (κ2) is 8.19. The molecule has 2 aromatic carbocycles.